The normalized spacial score (nSPS) is 16.0. The SMILES string of the molecule is C=c1/c(=C\N=C(C)Nc2ccc(N(CCC)CC(C)C)cc2)ccc(=O)n1CCC1CC(C)C1.CC.CC.CC(=O)/C=C/CN(C)C. The lowest BCUT2D eigenvalue weighted by atomic mass is 9.74. The van der Waals surface area contributed by atoms with Crippen LogP contribution in [0.2, 0.25) is 0 Å². The lowest BCUT2D eigenvalue weighted by Gasteiger charge is -2.32. The maximum Gasteiger partial charge on any atom is 0.250 e. The number of nitrogens with zero attached hydrogens (tertiary/aromatic N) is 4. The minimum Gasteiger partial charge on any atom is -0.371 e. The number of aliphatic imine (C=N–C) groups is 1. The quantitative estimate of drug-likeness (QED) is 0.138. The van der Waals surface area contributed by atoms with Crippen LogP contribution in [0.25, 0.3) is 12.8 Å². The Balaban J connectivity index is 0.00000139. The Morgan fingerprint density at radius 2 is 1.68 bits per heavy atom. The monoisotopic (exact) mass is 650 g/mol. The van der Waals surface area contributed by atoms with Crippen LogP contribution in [-0.4, -0.2) is 54.8 Å². The van der Waals surface area contributed by atoms with Gasteiger partial charge in [0.15, 0.2) is 5.78 Å². The summed E-state index contributed by atoms with van der Waals surface area (Å²) in [7, 11) is 3.93. The Morgan fingerprint density at radius 3 is 2.19 bits per heavy atom. The van der Waals surface area contributed by atoms with E-state index < -0.39 is 0 Å². The number of hydrogen-bond donors (Lipinski definition) is 1. The van der Waals surface area contributed by atoms with Crippen molar-refractivity contribution in [1.82, 2.24) is 9.47 Å². The van der Waals surface area contributed by atoms with E-state index in [-0.39, 0.29) is 11.3 Å². The fourth-order valence-electron chi connectivity index (χ4n) is 5.24. The molecule has 264 valence electrons. The van der Waals surface area contributed by atoms with Crippen LogP contribution in [0.1, 0.15) is 94.9 Å². The predicted octanol–water partition coefficient (Wildman–Crippen LogP) is 7.58. The number of allylic oxidation sites excluding steroid dienone is 1. The van der Waals surface area contributed by atoms with Gasteiger partial charge in [-0.2, -0.15) is 0 Å². The molecule has 7 nitrogen and oxygen atoms in total. The summed E-state index contributed by atoms with van der Waals surface area (Å²) in [5.74, 6) is 3.10. The van der Waals surface area contributed by atoms with E-state index in [1.807, 2.05) is 65.8 Å². The average Bonchev–Trinajstić information content (AvgIpc) is 3.01. The van der Waals surface area contributed by atoms with Gasteiger partial charge in [0.25, 0.3) is 5.56 Å². The number of likely N-dealkylation sites (N-methyl/N-ethyl adjacent to an activating group) is 1. The standard InChI is InChI=1S/C29H42N4O.C7H13NO.2C2H6/c1-7-15-32(20-21(2)3)28-11-9-27(10-12-28)31-24(6)30-19-26-8-13-29(34)33(23(26)5)16-14-25-17-22(4)18-25;1-7(9)5-4-6-8(2)3;2*1-2/h8-13,19,21-22,25H,5,7,14-18,20H2,1-4,6H3,(H,30,31);4-5H,6H2,1-3H3;2*1-2H3/b26-19-;5-4+;;. The molecule has 1 aliphatic rings. The number of amidine groups is 1. The highest BCUT2D eigenvalue weighted by Crippen LogP contribution is 2.35. The second kappa shape index (κ2) is 24.7. The molecular weight excluding hydrogens is 582 g/mol. The smallest absolute Gasteiger partial charge is 0.250 e. The number of hydrogen-bond acceptors (Lipinski definition) is 5. The van der Waals surface area contributed by atoms with Gasteiger partial charge in [-0.05, 0) is 108 Å². The van der Waals surface area contributed by atoms with Crippen molar-refractivity contribution in [3.05, 3.63) is 69.5 Å². The van der Waals surface area contributed by atoms with Crippen molar-refractivity contribution in [3.63, 3.8) is 0 Å². The van der Waals surface area contributed by atoms with E-state index in [2.05, 4.69) is 73.7 Å². The van der Waals surface area contributed by atoms with Gasteiger partial charge in [0, 0.05) is 60.4 Å². The molecule has 0 atom stereocenters. The molecule has 1 aliphatic carbocycles. The third-order valence-electron chi connectivity index (χ3n) is 7.42. The molecule has 0 saturated heterocycles. The van der Waals surface area contributed by atoms with E-state index in [0.717, 1.165) is 72.9 Å². The molecule has 0 unspecified atom stereocenters. The maximum absolute atomic E-state index is 12.4. The Labute approximate surface area is 287 Å². The van der Waals surface area contributed by atoms with Gasteiger partial charge in [0.1, 0.15) is 5.84 Å². The topological polar surface area (TPSA) is 69.9 Å². The van der Waals surface area contributed by atoms with E-state index in [1.54, 1.807) is 29.8 Å². The van der Waals surface area contributed by atoms with Gasteiger partial charge in [-0.25, -0.2) is 4.99 Å². The largest absolute Gasteiger partial charge is 0.371 e. The predicted molar refractivity (Wildman–Crippen MR) is 208 cm³/mol. The summed E-state index contributed by atoms with van der Waals surface area (Å²) >= 11 is 0. The van der Waals surface area contributed by atoms with E-state index in [4.69, 9.17) is 0 Å². The van der Waals surface area contributed by atoms with Crippen LogP contribution in [0.5, 0.6) is 0 Å². The molecule has 0 bridgehead atoms. The van der Waals surface area contributed by atoms with Gasteiger partial charge in [-0.3, -0.25) is 9.59 Å². The molecule has 47 heavy (non-hydrogen) atoms. The van der Waals surface area contributed by atoms with Crippen LogP contribution < -0.4 is 26.3 Å². The van der Waals surface area contributed by atoms with Crippen LogP contribution in [-0.2, 0) is 11.3 Å². The molecule has 1 N–H and O–H groups in total. The van der Waals surface area contributed by atoms with Crippen LogP contribution >= 0.6 is 0 Å². The first kappa shape index (κ1) is 43.5. The Bertz CT molecular complexity index is 1370. The molecule has 0 radical (unpaired) electrons. The zero-order valence-electron chi connectivity index (χ0n) is 31.9. The third-order valence-corrected chi connectivity index (χ3v) is 7.42. The highest BCUT2D eigenvalue weighted by Gasteiger charge is 2.24. The number of carbonyl (C=O) groups is 1. The van der Waals surface area contributed by atoms with Gasteiger partial charge < -0.3 is 19.7 Å². The Kier molecular flexibility index (Phi) is 22.9. The van der Waals surface area contributed by atoms with E-state index >= 15 is 0 Å². The third kappa shape index (κ3) is 17.9. The van der Waals surface area contributed by atoms with Gasteiger partial charge in [-0.15, -0.1) is 0 Å². The summed E-state index contributed by atoms with van der Waals surface area (Å²) in [6, 6.07) is 12.0. The van der Waals surface area contributed by atoms with Crippen molar-refractivity contribution in [2.75, 3.05) is 43.9 Å². The fraction of sp³-hybridized carbons (Fsp3) is 0.575. The van der Waals surface area contributed by atoms with Crippen molar-refractivity contribution in [2.45, 2.75) is 101 Å². The maximum atomic E-state index is 12.4. The molecule has 1 saturated carbocycles. The summed E-state index contributed by atoms with van der Waals surface area (Å²) in [4.78, 5) is 31.7. The minimum absolute atomic E-state index is 0.0167. The molecule has 1 aromatic heterocycles. The molecule has 1 heterocycles. The Hall–Kier alpha value is -3.45. The van der Waals surface area contributed by atoms with Crippen molar-refractivity contribution in [2.24, 2.45) is 22.7 Å². The van der Waals surface area contributed by atoms with Gasteiger partial charge >= 0.3 is 0 Å². The lowest BCUT2D eigenvalue weighted by molar-refractivity contribution is -0.112. The molecule has 0 amide bonds. The van der Waals surface area contributed by atoms with Gasteiger partial charge in [-0.1, -0.05) is 68.0 Å². The minimum atomic E-state index is 0.0167. The van der Waals surface area contributed by atoms with Crippen LogP contribution in [0.3, 0.4) is 0 Å². The van der Waals surface area contributed by atoms with Crippen molar-refractivity contribution < 1.29 is 4.79 Å². The van der Waals surface area contributed by atoms with E-state index in [0.29, 0.717) is 5.92 Å². The molecule has 0 spiro atoms. The lowest BCUT2D eigenvalue weighted by Crippen LogP contribution is -2.42. The number of anilines is 2. The van der Waals surface area contributed by atoms with Crippen molar-refractivity contribution in [1.29, 1.82) is 0 Å². The fourth-order valence-corrected chi connectivity index (χ4v) is 5.24. The molecule has 1 aromatic carbocycles. The zero-order chi connectivity index (χ0) is 35.9. The molecule has 1 fully saturated rings. The van der Waals surface area contributed by atoms with Crippen molar-refractivity contribution in [3.8, 4) is 0 Å². The highest BCUT2D eigenvalue weighted by atomic mass is 16.1. The number of nitrogens with one attached hydrogen (secondary N) is 1. The van der Waals surface area contributed by atoms with E-state index in [9.17, 15) is 9.59 Å². The first-order chi connectivity index (χ1) is 22.4. The molecule has 7 heteroatoms. The number of benzene rings is 1. The van der Waals surface area contributed by atoms with Crippen molar-refractivity contribution >= 4 is 35.8 Å². The van der Waals surface area contributed by atoms with Gasteiger partial charge in [0.05, 0.1) is 0 Å². The average molecular weight is 650 g/mol. The number of carbonyl (C=O) groups excluding carboxylic acids is 1. The molecule has 2 aromatic rings. The first-order valence-electron chi connectivity index (χ1n) is 17.8. The number of rotatable bonds is 13. The second-order valence-electron chi connectivity index (χ2n) is 12.6. The Morgan fingerprint density at radius 1 is 1.06 bits per heavy atom. The number of aromatic nitrogens is 1. The van der Waals surface area contributed by atoms with Crippen LogP contribution in [0.15, 0.2) is 58.3 Å². The van der Waals surface area contributed by atoms with Crippen LogP contribution in [0.4, 0.5) is 11.4 Å². The number of ketones is 1. The second-order valence-corrected chi connectivity index (χ2v) is 12.6. The summed E-state index contributed by atoms with van der Waals surface area (Å²) in [6.07, 6.45) is 9.96. The summed E-state index contributed by atoms with van der Waals surface area (Å²) in [6.45, 7) is 28.4. The molecular formula is C40H67N5O2. The first-order valence-corrected chi connectivity index (χ1v) is 17.8. The molecule has 0 aliphatic heterocycles. The highest BCUT2D eigenvalue weighted by molar-refractivity contribution is 5.95. The summed E-state index contributed by atoms with van der Waals surface area (Å²) in [5, 5.41) is 4.98. The molecule has 3 rings (SSSR count). The number of pyridine rings is 1. The van der Waals surface area contributed by atoms with Gasteiger partial charge in [0.2, 0.25) is 0 Å². The van der Waals surface area contributed by atoms with E-state index in [1.165, 1.54) is 18.5 Å². The summed E-state index contributed by atoms with van der Waals surface area (Å²) < 4.78 is 1.80. The van der Waals surface area contributed by atoms with Crippen LogP contribution in [0, 0.1) is 17.8 Å². The zero-order valence-corrected chi connectivity index (χ0v) is 31.9. The summed E-state index contributed by atoms with van der Waals surface area (Å²) in [5.41, 5.74) is 2.28.